The number of hydrogen-bond acceptors (Lipinski definition) is 6. The van der Waals surface area contributed by atoms with Crippen LogP contribution in [0.5, 0.6) is 11.5 Å². The Balaban J connectivity index is 1.42. The van der Waals surface area contributed by atoms with Crippen molar-refractivity contribution in [3.05, 3.63) is 87.4 Å². The Hall–Kier alpha value is -2.92. The number of ether oxygens (including phenoxy) is 2. The lowest BCUT2D eigenvalue weighted by atomic mass is 10.2. The van der Waals surface area contributed by atoms with Gasteiger partial charge in [-0.15, -0.1) is 0 Å². The van der Waals surface area contributed by atoms with Crippen LogP contribution in [-0.2, 0) is 21.4 Å². The number of methoxy groups -OCH3 is 1. The number of hydrazone groups is 1. The van der Waals surface area contributed by atoms with E-state index >= 15 is 0 Å². The van der Waals surface area contributed by atoms with Crippen LogP contribution < -0.4 is 14.9 Å². The largest absolute Gasteiger partial charge is 0.493 e. The summed E-state index contributed by atoms with van der Waals surface area (Å²) in [6, 6.07) is 18.3. The maximum atomic E-state index is 13.1. The predicted octanol–water partition coefficient (Wildman–Crippen LogP) is 4.99. The summed E-state index contributed by atoms with van der Waals surface area (Å²) in [6.07, 6.45) is 2.43. The number of nitrogens with one attached hydrogen (secondary N) is 1. The molecule has 1 saturated heterocycles. The minimum absolute atomic E-state index is 0.0895. The number of benzene rings is 3. The van der Waals surface area contributed by atoms with Gasteiger partial charge in [-0.1, -0.05) is 41.9 Å². The van der Waals surface area contributed by atoms with Gasteiger partial charge in [-0.2, -0.15) is 9.41 Å². The summed E-state index contributed by atoms with van der Waals surface area (Å²) in [4.78, 5) is 12.9. The zero-order chi connectivity index (χ0) is 26.4. The molecule has 0 spiro atoms. The van der Waals surface area contributed by atoms with Crippen LogP contribution in [0.15, 0.2) is 81.2 Å². The summed E-state index contributed by atoms with van der Waals surface area (Å²) < 4.78 is 39.4. The lowest BCUT2D eigenvalue weighted by molar-refractivity contribution is -0.124. The fourth-order valence-corrected chi connectivity index (χ4v) is 6.32. The first-order valence-electron chi connectivity index (χ1n) is 11.4. The number of carbonyl (C=O) groups is 1. The fourth-order valence-electron chi connectivity index (χ4n) is 3.96. The first-order valence-corrected chi connectivity index (χ1v) is 14.1. The van der Waals surface area contributed by atoms with E-state index in [0.717, 1.165) is 5.56 Å². The third-order valence-electron chi connectivity index (χ3n) is 5.79. The molecule has 1 aliphatic rings. The van der Waals surface area contributed by atoms with Crippen LogP contribution in [-0.4, -0.2) is 44.5 Å². The van der Waals surface area contributed by atoms with Crippen molar-refractivity contribution < 1.29 is 22.7 Å². The Morgan fingerprint density at radius 2 is 1.92 bits per heavy atom. The highest BCUT2D eigenvalue weighted by molar-refractivity contribution is 9.10. The van der Waals surface area contributed by atoms with Crippen molar-refractivity contribution in [2.24, 2.45) is 5.10 Å². The number of halogens is 2. The van der Waals surface area contributed by atoms with E-state index in [1.165, 1.54) is 41.9 Å². The Bertz CT molecular complexity index is 1390. The first-order chi connectivity index (χ1) is 17.8. The molecule has 1 aliphatic heterocycles. The van der Waals surface area contributed by atoms with Crippen molar-refractivity contribution in [2.75, 3.05) is 13.7 Å². The second-order valence-electron chi connectivity index (χ2n) is 8.27. The molecule has 1 N–H and O–H groups in total. The van der Waals surface area contributed by atoms with Crippen LogP contribution in [0.3, 0.4) is 0 Å². The van der Waals surface area contributed by atoms with E-state index < -0.39 is 22.0 Å². The fraction of sp³-hybridized carbons (Fsp3) is 0.231. The number of nitrogens with zero attached hydrogens (tertiary/aromatic N) is 2. The molecular weight excluding hydrogens is 582 g/mol. The number of amides is 1. The van der Waals surface area contributed by atoms with Gasteiger partial charge >= 0.3 is 0 Å². The second-order valence-corrected chi connectivity index (χ2v) is 11.5. The van der Waals surface area contributed by atoms with Crippen LogP contribution >= 0.6 is 27.5 Å². The second kappa shape index (κ2) is 12.1. The average Bonchev–Trinajstić information content (AvgIpc) is 3.40. The molecule has 1 atom stereocenters. The van der Waals surface area contributed by atoms with Crippen LogP contribution in [0.2, 0.25) is 5.02 Å². The Kier molecular flexibility index (Phi) is 8.86. The minimum atomic E-state index is -3.85. The molecule has 11 heteroatoms. The summed E-state index contributed by atoms with van der Waals surface area (Å²) in [5.74, 6) is 0.538. The Labute approximate surface area is 229 Å². The van der Waals surface area contributed by atoms with Crippen LogP contribution in [0.1, 0.15) is 24.0 Å². The van der Waals surface area contributed by atoms with Gasteiger partial charge in [0.05, 0.1) is 22.7 Å². The van der Waals surface area contributed by atoms with E-state index in [2.05, 4.69) is 26.5 Å². The van der Waals surface area contributed by atoms with E-state index in [1.807, 2.05) is 30.3 Å². The van der Waals surface area contributed by atoms with Gasteiger partial charge in [0.15, 0.2) is 11.5 Å². The molecule has 0 radical (unpaired) electrons. The molecule has 3 aromatic carbocycles. The maximum Gasteiger partial charge on any atom is 0.258 e. The highest BCUT2D eigenvalue weighted by atomic mass is 79.9. The lowest BCUT2D eigenvalue weighted by Crippen LogP contribution is -2.44. The van der Waals surface area contributed by atoms with Crippen molar-refractivity contribution in [3.63, 3.8) is 0 Å². The monoisotopic (exact) mass is 605 g/mol. The van der Waals surface area contributed by atoms with E-state index in [4.69, 9.17) is 21.1 Å². The first kappa shape index (κ1) is 27.1. The van der Waals surface area contributed by atoms with Gasteiger partial charge in [0.1, 0.15) is 12.6 Å². The number of hydrogen-bond donors (Lipinski definition) is 1. The zero-order valence-corrected chi connectivity index (χ0v) is 23.1. The van der Waals surface area contributed by atoms with Gasteiger partial charge in [0.2, 0.25) is 10.0 Å². The molecule has 0 aromatic heterocycles. The molecule has 37 heavy (non-hydrogen) atoms. The average molecular weight is 607 g/mol. The van der Waals surface area contributed by atoms with Crippen molar-refractivity contribution in [1.29, 1.82) is 0 Å². The van der Waals surface area contributed by atoms with E-state index in [1.54, 1.807) is 12.1 Å². The maximum absolute atomic E-state index is 13.1. The van der Waals surface area contributed by atoms with Crippen molar-refractivity contribution in [2.45, 2.75) is 30.4 Å². The van der Waals surface area contributed by atoms with Crippen molar-refractivity contribution >= 4 is 49.7 Å². The molecule has 1 heterocycles. The number of sulfonamides is 1. The highest BCUT2D eigenvalue weighted by Gasteiger charge is 2.39. The molecule has 8 nitrogen and oxygen atoms in total. The van der Waals surface area contributed by atoms with Gasteiger partial charge in [0.25, 0.3) is 5.91 Å². The summed E-state index contributed by atoms with van der Waals surface area (Å²) in [5.41, 5.74) is 4.13. The molecule has 0 bridgehead atoms. The minimum Gasteiger partial charge on any atom is -0.493 e. The van der Waals surface area contributed by atoms with Gasteiger partial charge in [-0.3, -0.25) is 4.79 Å². The normalized spacial score (nSPS) is 16.1. The summed E-state index contributed by atoms with van der Waals surface area (Å²) >= 11 is 9.39. The predicted molar refractivity (Wildman–Crippen MR) is 146 cm³/mol. The summed E-state index contributed by atoms with van der Waals surface area (Å²) in [5, 5.41) is 4.48. The molecule has 1 amide bonds. The van der Waals surface area contributed by atoms with Crippen LogP contribution in [0, 0.1) is 0 Å². The standard InChI is InChI=1S/C26H25BrClN3O5S/c1-35-24-15-19(14-22(27)25(24)36-17-18-6-3-2-4-7-18)16-29-30-26(32)23-8-5-13-31(23)37(33,34)21-11-9-20(28)10-12-21/h2-4,6-7,9-12,14-16,23H,5,8,13,17H2,1H3,(H,30,32)/b29-16-/t23-/m0/s1. The number of rotatable bonds is 9. The van der Waals surface area contributed by atoms with Crippen molar-refractivity contribution in [1.82, 2.24) is 9.73 Å². The smallest absolute Gasteiger partial charge is 0.258 e. The third kappa shape index (κ3) is 6.51. The molecule has 0 aliphatic carbocycles. The van der Waals surface area contributed by atoms with Crippen LogP contribution in [0.25, 0.3) is 0 Å². The van der Waals surface area contributed by atoms with Gasteiger partial charge < -0.3 is 9.47 Å². The molecule has 3 aromatic rings. The zero-order valence-electron chi connectivity index (χ0n) is 19.9. The Morgan fingerprint density at radius 1 is 1.19 bits per heavy atom. The Morgan fingerprint density at radius 3 is 2.62 bits per heavy atom. The highest BCUT2D eigenvalue weighted by Crippen LogP contribution is 2.37. The third-order valence-corrected chi connectivity index (χ3v) is 8.56. The van der Waals surface area contributed by atoms with Gasteiger partial charge in [-0.25, -0.2) is 13.8 Å². The van der Waals surface area contributed by atoms with E-state index in [-0.39, 0.29) is 11.4 Å². The topological polar surface area (TPSA) is 97.3 Å². The van der Waals surface area contributed by atoms with E-state index in [0.29, 0.717) is 46.0 Å². The lowest BCUT2D eigenvalue weighted by Gasteiger charge is -2.22. The molecule has 0 unspecified atom stereocenters. The molecule has 0 saturated carbocycles. The van der Waals surface area contributed by atoms with Gasteiger partial charge in [0, 0.05) is 11.6 Å². The van der Waals surface area contributed by atoms with Crippen molar-refractivity contribution in [3.8, 4) is 11.5 Å². The quantitative estimate of drug-likeness (QED) is 0.273. The molecule has 194 valence electrons. The van der Waals surface area contributed by atoms with Gasteiger partial charge in [-0.05, 0) is 76.3 Å². The summed E-state index contributed by atoms with van der Waals surface area (Å²) in [6.45, 7) is 0.622. The van der Waals surface area contributed by atoms with Crippen LogP contribution in [0.4, 0.5) is 0 Å². The summed E-state index contributed by atoms with van der Waals surface area (Å²) in [7, 11) is -2.31. The number of carbonyl (C=O) groups excluding carboxylic acids is 1. The SMILES string of the molecule is COc1cc(/C=N\NC(=O)[C@@H]2CCCN2S(=O)(=O)c2ccc(Cl)cc2)cc(Br)c1OCc1ccccc1. The van der Waals surface area contributed by atoms with E-state index in [9.17, 15) is 13.2 Å². The molecule has 1 fully saturated rings. The molecular formula is C26H25BrClN3O5S. The molecule has 4 rings (SSSR count).